The van der Waals surface area contributed by atoms with Gasteiger partial charge in [0, 0.05) is 32.5 Å². The fourth-order valence-electron chi connectivity index (χ4n) is 2.80. The maximum Gasteiger partial charge on any atom is 0.509 e. The zero-order valence-corrected chi connectivity index (χ0v) is 11.2. The molecule has 5 nitrogen and oxygen atoms in total. The summed E-state index contributed by atoms with van der Waals surface area (Å²) in [4.78, 5) is 13.4. The molecule has 1 aromatic rings. The second kappa shape index (κ2) is 5.14. The molecular formula is C15H16N2O3. The zero-order valence-electron chi connectivity index (χ0n) is 11.2. The number of rotatable bonds is 2. The molecule has 104 valence electrons. The third-order valence-corrected chi connectivity index (χ3v) is 4.05. The van der Waals surface area contributed by atoms with Crippen molar-refractivity contribution in [2.24, 2.45) is 0 Å². The minimum atomic E-state index is -0.548. The smallest absolute Gasteiger partial charge is 0.430 e. The third-order valence-electron chi connectivity index (χ3n) is 4.05. The molecule has 0 N–H and O–H groups in total. The van der Waals surface area contributed by atoms with E-state index in [1.165, 1.54) is 0 Å². The average molecular weight is 272 g/mol. The first-order chi connectivity index (χ1) is 9.71. The summed E-state index contributed by atoms with van der Waals surface area (Å²) in [6, 6.07) is 9.88. The first kappa shape index (κ1) is 12.9. The summed E-state index contributed by atoms with van der Waals surface area (Å²) in [6.45, 7) is 2.82. The summed E-state index contributed by atoms with van der Waals surface area (Å²) >= 11 is 0. The van der Waals surface area contributed by atoms with Gasteiger partial charge in [-0.05, 0) is 11.6 Å². The van der Waals surface area contributed by atoms with Gasteiger partial charge in [0.15, 0.2) is 5.60 Å². The first-order valence-electron chi connectivity index (χ1n) is 6.77. The highest BCUT2D eigenvalue weighted by atomic mass is 16.8. The molecule has 5 heteroatoms. The van der Waals surface area contributed by atoms with Gasteiger partial charge in [-0.25, -0.2) is 4.79 Å². The predicted octanol–water partition coefficient (Wildman–Crippen LogP) is 2.06. The van der Waals surface area contributed by atoms with Gasteiger partial charge in [-0.1, -0.05) is 18.2 Å². The molecule has 2 heterocycles. The lowest BCUT2D eigenvalue weighted by molar-refractivity contribution is -0.00164. The summed E-state index contributed by atoms with van der Waals surface area (Å²) in [5.74, 6) is 0. The van der Waals surface area contributed by atoms with Crippen molar-refractivity contribution in [1.29, 1.82) is 5.26 Å². The lowest BCUT2D eigenvalue weighted by atomic mass is 9.92. The number of piperidine rings is 1. The van der Waals surface area contributed by atoms with Crippen molar-refractivity contribution in [3.8, 4) is 6.07 Å². The van der Waals surface area contributed by atoms with Crippen LogP contribution in [0.2, 0.25) is 0 Å². The number of nitrogens with zero attached hydrogens (tertiary/aromatic N) is 2. The largest absolute Gasteiger partial charge is 0.509 e. The van der Waals surface area contributed by atoms with Gasteiger partial charge in [0.2, 0.25) is 0 Å². The van der Waals surface area contributed by atoms with Gasteiger partial charge in [-0.3, -0.25) is 4.90 Å². The third kappa shape index (κ3) is 2.47. The zero-order chi connectivity index (χ0) is 14.0. The summed E-state index contributed by atoms with van der Waals surface area (Å²) in [7, 11) is 0. The van der Waals surface area contributed by atoms with Crippen LogP contribution in [-0.4, -0.2) is 36.4 Å². The lowest BCUT2D eigenvalue weighted by Gasteiger charge is -2.36. The normalized spacial score (nSPS) is 21.2. The molecule has 2 saturated heterocycles. The topological polar surface area (TPSA) is 62.6 Å². The van der Waals surface area contributed by atoms with Gasteiger partial charge in [0.25, 0.3) is 0 Å². The number of hydrogen-bond acceptors (Lipinski definition) is 5. The SMILES string of the molecule is N#Cc1ccccc1CN1CCC2(CC1)COC(=O)O2. The standard InChI is InChI=1S/C15H16N2O3/c16-9-12-3-1-2-4-13(12)10-17-7-5-15(6-8-17)11-19-14(18)20-15/h1-4H,5-8,10-11H2. The minimum absolute atomic E-state index is 0.369. The van der Waals surface area contributed by atoms with Crippen molar-refractivity contribution < 1.29 is 14.3 Å². The number of carbonyl (C=O) groups excluding carboxylic acids is 1. The molecule has 20 heavy (non-hydrogen) atoms. The van der Waals surface area contributed by atoms with E-state index >= 15 is 0 Å². The molecule has 1 spiro atoms. The Morgan fingerprint density at radius 2 is 2.05 bits per heavy atom. The van der Waals surface area contributed by atoms with Crippen molar-refractivity contribution in [2.75, 3.05) is 19.7 Å². The Morgan fingerprint density at radius 1 is 1.30 bits per heavy atom. The van der Waals surface area contributed by atoms with Crippen LogP contribution < -0.4 is 0 Å². The maximum absolute atomic E-state index is 11.1. The molecule has 0 radical (unpaired) electrons. The van der Waals surface area contributed by atoms with Crippen molar-refractivity contribution in [1.82, 2.24) is 4.90 Å². The van der Waals surface area contributed by atoms with Crippen molar-refractivity contribution in [3.63, 3.8) is 0 Å². The number of nitriles is 1. The molecule has 0 bridgehead atoms. The Morgan fingerprint density at radius 3 is 2.70 bits per heavy atom. The van der Waals surface area contributed by atoms with Gasteiger partial charge in [0.05, 0.1) is 11.6 Å². The number of carbonyl (C=O) groups is 1. The fraction of sp³-hybridized carbons (Fsp3) is 0.467. The highest BCUT2D eigenvalue weighted by Crippen LogP contribution is 2.32. The highest BCUT2D eigenvalue weighted by molar-refractivity contribution is 5.62. The Bertz CT molecular complexity index is 556. The summed E-state index contributed by atoms with van der Waals surface area (Å²) in [5.41, 5.74) is 1.36. The monoisotopic (exact) mass is 272 g/mol. The van der Waals surface area contributed by atoms with E-state index in [9.17, 15) is 4.79 Å². The Balaban J connectivity index is 1.62. The van der Waals surface area contributed by atoms with Crippen molar-refractivity contribution in [2.45, 2.75) is 25.0 Å². The number of ether oxygens (including phenoxy) is 2. The number of likely N-dealkylation sites (tertiary alicyclic amines) is 1. The van der Waals surface area contributed by atoms with E-state index in [1.54, 1.807) is 0 Å². The molecule has 0 saturated carbocycles. The van der Waals surface area contributed by atoms with Crippen LogP contribution in [0.5, 0.6) is 0 Å². The van der Waals surface area contributed by atoms with Crippen LogP contribution in [0.15, 0.2) is 24.3 Å². The number of hydrogen-bond donors (Lipinski definition) is 0. The molecule has 3 rings (SSSR count). The first-order valence-corrected chi connectivity index (χ1v) is 6.77. The van der Waals surface area contributed by atoms with E-state index in [0.717, 1.165) is 43.6 Å². The van der Waals surface area contributed by atoms with Crippen LogP contribution in [-0.2, 0) is 16.0 Å². The highest BCUT2D eigenvalue weighted by Gasteiger charge is 2.44. The van der Waals surface area contributed by atoms with Crippen LogP contribution >= 0.6 is 0 Å². The Labute approximate surface area is 117 Å². The van der Waals surface area contributed by atoms with Crippen LogP contribution in [0, 0.1) is 11.3 Å². The van der Waals surface area contributed by atoms with Gasteiger partial charge < -0.3 is 9.47 Å². The molecule has 0 aromatic heterocycles. The van der Waals surface area contributed by atoms with Crippen LogP contribution in [0.25, 0.3) is 0 Å². The van der Waals surface area contributed by atoms with Gasteiger partial charge in [-0.2, -0.15) is 5.26 Å². The van der Waals surface area contributed by atoms with Crippen molar-refractivity contribution >= 4 is 6.16 Å². The van der Waals surface area contributed by atoms with E-state index in [2.05, 4.69) is 11.0 Å². The molecule has 0 aliphatic carbocycles. The minimum Gasteiger partial charge on any atom is -0.430 e. The Hall–Kier alpha value is -2.06. The molecule has 2 fully saturated rings. The van der Waals surface area contributed by atoms with Crippen LogP contribution in [0.4, 0.5) is 4.79 Å². The van der Waals surface area contributed by atoms with Crippen LogP contribution in [0.1, 0.15) is 24.0 Å². The summed E-state index contributed by atoms with van der Waals surface area (Å²) in [5, 5.41) is 9.10. The molecule has 0 unspecified atom stereocenters. The maximum atomic E-state index is 11.1. The van der Waals surface area contributed by atoms with Gasteiger partial charge in [-0.15, -0.1) is 0 Å². The molecule has 2 aliphatic rings. The second-order valence-corrected chi connectivity index (χ2v) is 5.37. The predicted molar refractivity (Wildman–Crippen MR) is 70.8 cm³/mol. The molecule has 0 amide bonds. The molecule has 1 aromatic carbocycles. The average Bonchev–Trinajstić information content (AvgIpc) is 2.83. The number of benzene rings is 1. The second-order valence-electron chi connectivity index (χ2n) is 5.37. The molecular weight excluding hydrogens is 256 g/mol. The van der Waals surface area contributed by atoms with Crippen LogP contribution in [0.3, 0.4) is 0 Å². The molecule has 0 atom stereocenters. The quantitative estimate of drug-likeness (QED) is 0.771. The van der Waals surface area contributed by atoms with E-state index in [4.69, 9.17) is 14.7 Å². The molecule has 2 aliphatic heterocycles. The van der Waals surface area contributed by atoms with E-state index in [-0.39, 0.29) is 0 Å². The van der Waals surface area contributed by atoms with E-state index in [1.807, 2.05) is 24.3 Å². The van der Waals surface area contributed by atoms with Gasteiger partial charge >= 0.3 is 6.16 Å². The summed E-state index contributed by atoms with van der Waals surface area (Å²) < 4.78 is 10.2. The fourth-order valence-corrected chi connectivity index (χ4v) is 2.80. The Kier molecular flexibility index (Phi) is 3.33. The summed E-state index contributed by atoms with van der Waals surface area (Å²) in [6.07, 6.45) is 1.02. The van der Waals surface area contributed by atoms with Gasteiger partial charge in [0.1, 0.15) is 6.61 Å². The van der Waals surface area contributed by atoms with E-state index < -0.39 is 11.8 Å². The number of cyclic esters (lactones) is 1. The van der Waals surface area contributed by atoms with Crippen molar-refractivity contribution in [3.05, 3.63) is 35.4 Å². The van der Waals surface area contributed by atoms with E-state index in [0.29, 0.717) is 6.61 Å². The lowest BCUT2D eigenvalue weighted by Crippen LogP contribution is -2.45.